The standard InChI is InChI=1S/C22H22F2N4O.CH5N/c1-13-4-5-28(12-13)21-18(22(29)27-10-14-2-3-14)11-26-19(9-25)20(21)15-6-16(23)8-17(24)7-15;1-2/h6-8,11,13-14H,2-5,10,12H2,1H3,(H,27,29);2H2,1H3. The van der Waals surface area contributed by atoms with Gasteiger partial charge in [-0.15, -0.1) is 0 Å². The van der Waals surface area contributed by atoms with Crippen molar-refractivity contribution in [3.63, 3.8) is 0 Å². The van der Waals surface area contributed by atoms with Crippen LogP contribution in [-0.2, 0) is 0 Å². The molecule has 2 aliphatic rings. The summed E-state index contributed by atoms with van der Waals surface area (Å²) in [6.45, 7) is 4.10. The first-order valence-electron chi connectivity index (χ1n) is 10.5. The van der Waals surface area contributed by atoms with Gasteiger partial charge in [0, 0.05) is 37.5 Å². The molecule has 31 heavy (non-hydrogen) atoms. The Labute approximate surface area is 181 Å². The van der Waals surface area contributed by atoms with Gasteiger partial charge in [-0.2, -0.15) is 5.26 Å². The molecule has 2 fully saturated rings. The van der Waals surface area contributed by atoms with Crippen molar-refractivity contribution >= 4 is 11.6 Å². The topological polar surface area (TPSA) is 95.0 Å². The number of carbonyl (C=O) groups excluding carboxylic acids is 1. The van der Waals surface area contributed by atoms with E-state index < -0.39 is 11.6 Å². The van der Waals surface area contributed by atoms with Crippen LogP contribution >= 0.6 is 0 Å². The fourth-order valence-corrected chi connectivity index (χ4v) is 3.84. The Kier molecular flexibility index (Phi) is 7.18. The Hall–Kier alpha value is -3.05. The Morgan fingerprint density at radius 1 is 1.26 bits per heavy atom. The van der Waals surface area contributed by atoms with E-state index in [9.17, 15) is 18.8 Å². The fourth-order valence-electron chi connectivity index (χ4n) is 3.84. The molecule has 1 aliphatic carbocycles. The predicted molar refractivity (Wildman–Crippen MR) is 115 cm³/mol. The van der Waals surface area contributed by atoms with Crippen molar-refractivity contribution in [1.82, 2.24) is 10.3 Å². The first kappa shape index (κ1) is 22.6. The van der Waals surface area contributed by atoms with Crippen LogP contribution in [0.3, 0.4) is 0 Å². The molecule has 1 saturated carbocycles. The van der Waals surface area contributed by atoms with Crippen molar-refractivity contribution < 1.29 is 13.6 Å². The van der Waals surface area contributed by atoms with Crippen LogP contribution in [0.4, 0.5) is 14.5 Å². The molecule has 3 N–H and O–H groups in total. The molecular weight excluding hydrogens is 400 g/mol. The van der Waals surface area contributed by atoms with E-state index in [1.807, 2.05) is 11.0 Å². The minimum Gasteiger partial charge on any atom is -0.370 e. The summed E-state index contributed by atoms with van der Waals surface area (Å²) in [6, 6.07) is 5.16. The number of nitrogens with one attached hydrogen (secondary N) is 1. The summed E-state index contributed by atoms with van der Waals surface area (Å²) in [4.78, 5) is 19.1. The highest BCUT2D eigenvalue weighted by atomic mass is 19.1. The Balaban J connectivity index is 0.00000132. The van der Waals surface area contributed by atoms with Gasteiger partial charge in [0.05, 0.1) is 11.3 Å². The molecule has 1 aromatic carbocycles. The summed E-state index contributed by atoms with van der Waals surface area (Å²) >= 11 is 0. The quantitative estimate of drug-likeness (QED) is 0.762. The second-order valence-electron chi connectivity index (χ2n) is 8.01. The fraction of sp³-hybridized carbons (Fsp3) is 0.435. The Morgan fingerprint density at radius 3 is 2.48 bits per heavy atom. The number of pyridine rings is 1. The molecule has 0 radical (unpaired) electrons. The summed E-state index contributed by atoms with van der Waals surface area (Å²) in [5.74, 6) is -0.839. The molecule has 1 unspecified atom stereocenters. The molecule has 2 aromatic rings. The minimum atomic E-state index is -0.742. The van der Waals surface area contributed by atoms with Crippen LogP contribution in [-0.4, -0.2) is 37.6 Å². The molecule has 0 spiro atoms. The van der Waals surface area contributed by atoms with Crippen LogP contribution < -0.4 is 16.0 Å². The molecule has 1 aromatic heterocycles. The van der Waals surface area contributed by atoms with Gasteiger partial charge in [0.1, 0.15) is 23.4 Å². The van der Waals surface area contributed by atoms with E-state index in [4.69, 9.17) is 0 Å². The van der Waals surface area contributed by atoms with E-state index in [1.165, 1.54) is 25.4 Å². The van der Waals surface area contributed by atoms with Crippen LogP contribution in [0.25, 0.3) is 11.1 Å². The van der Waals surface area contributed by atoms with Crippen molar-refractivity contribution in [2.24, 2.45) is 17.6 Å². The zero-order chi connectivity index (χ0) is 22.5. The lowest BCUT2D eigenvalue weighted by Gasteiger charge is -2.25. The summed E-state index contributed by atoms with van der Waals surface area (Å²) in [7, 11) is 1.50. The van der Waals surface area contributed by atoms with E-state index in [2.05, 4.69) is 23.0 Å². The number of anilines is 1. The van der Waals surface area contributed by atoms with Gasteiger partial charge >= 0.3 is 0 Å². The minimum absolute atomic E-state index is 0.0447. The molecule has 6 nitrogen and oxygen atoms in total. The highest BCUT2D eigenvalue weighted by molar-refractivity contribution is 6.04. The van der Waals surface area contributed by atoms with Crippen molar-refractivity contribution in [3.8, 4) is 17.2 Å². The largest absolute Gasteiger partial charge is 0.370 e. The van der Waals surface area contributed by atoms with Gasteiger partial charge in [-0.1, -0.05) is 6.92 Å². The maximum atomic E-state index is 14.0. The van der Waals surface area contributed by atoms with Crippen LogP contribution in [0.15, 0.2) is 24.4 Å². The molecule has 1 saturated heterocycles. The van der Waals surface area contributed by atoms with Crippen molar-refractivity contribution in [3.05, 3.63) is 47.3 Å². The zero-order valence-electron chi connectivity index (χ0n) is 17.8. The summed E-state index contributed by atoms with van der Waals surface area (Å²) in [5, 5.41) is 12.6. The number of rotatable bonds is 5. The SMILES string of the molecule is CC1CCN(c2c(C(=O)NCC3CC3)cnc(C#N)c2-c2cc(F)cc(F)c2)C1.CN. The molecule has 2 heterocycles. The second-order valence-corrected chi connectivity index (χ2v) is 8.01. The van der Waals surface area contributed by atoms with Gasteiger partial charge in [0.25, 0.3) is 5.91 Å². The summed E-state index contributed by atoms with van der Waals surface area (Å²) in [6.07, 6.45) is 4.55. The number of nitriles is 1. The van der Waals surface area contributed by atoms with Gasteiger partial charge in [0.15, 0.2) is 0 Å². The number of nitrogens with zero attached hydrogens (tertiary/aromatic N) is 3. The smallest absolute Gasteiger partial charge is 0.254 e. The Morgan fingerprint density at radius 2 is 1.94 bits per heavy atom. The lowest BCUT2D eigenvalue weighted by atomic mass is 9.97. The van der Waals surface area contributed by atoms with E-state index in [1.54, 1.807) is 0 Å². The molecule has 164 valence electrons. The lowest BCUT2D eigenvalue weighted by Crippen LogP contribution is -2.30. The predicted octanol–water partition coefficient (Wildman–Crippen LogP) is 3.46. The zero-order valence-corrected chi connectivity index (χ0v) is 17.8. The molecular formula is C23H27F2N5O. The number of aromatic nitrogens is 1. The van der Waals surface area contributed by atoms with Gasteiger partial charge < -0.3 is 16.0 Å². The summed E-state index contributed by atoms with van der Waals surface area (Å²) in [5.41, 5.74) is 5.91. The first-order chi connectivity index (χ1) is 15.0. The van der Waals surface area contributed by atoms with Gasteiger partial charge in [0.2, 0.25) is 0 Å². The first-order valence-corrected chi connectivity index (χ1v) is 10.5. The normalized spacial score (nSPS) is 17.5. The van der Waals surface area contributed by atoms with Crippen molar-refractivity contribution in [2.75, 3.05) is 31.6 Å². The van der Waals surface area contributed by atoms with Crippen LogP contribution in [0.5, 0.6) is 0 Å². The maximum Gasteiger partial charge on any atom is 0.254 e. The van der Waals surface area contributed by atoms with Crippen molar-refractivity contribution in [1.29, 1.82) is 5.26 Å². The van der Waals surface area contributed by atoms with E-state index in [-0.39, 0.29) is 17.2 Å². The lowest BCUT2D eigenvalue weighted by molar-refractivity contribution is 0.0952. The number of hydrogen-bond acceptors (Lipinski definition) is 5. The monoisotopic (exact) mass is 427 g/mol. The average Bonchev–Trinajstić information content (AvgIpc) is 3.50. The van der Waals surface area contributed by atoms with E-state index in [0.29, 0.717) is 48.3 Å². The van der Waals surface area contributed by atoms with Crippen LogP contribution in [0.2, 0.25) is 0 Å². The second kappa shape index (κ2) is 9.84. The number of halogens is 2. The molecule has 1 amide bonds. The number of benzene rings is 1. The van der Waals surface area contributed by atoms with Crippen molar-refractivity contribution in [2.45, 2.75) is 26.2 Å². The number of amides is 1. The molecule has 0 bridgehead atoms. The van der Waals surface area contributed by atoms with Crippen LogP contribution in [0.1, 0.15) is 42.2 Å². The number of carbonyl (C=O) groups is 1. The van der Waals surface area contributed by atoms with E-state index >= 15 is 0 Å². The third kappa shape index (κ3) is 5.17. The summed E-state index contributed by atoms with van der Waals surface area (Å²) < 4.78 is 27.9. The highest BCUT2D eigenvalue weighted by Crippen LogP contribution is 2.39. The number of hydrogen-bond donors (Lipinski definition) is 2. The molecule has 1 atom stereocenters. The van der Waals surface area contributed by atoms with Gasteiger partial charge in [-0.25, -0.2) is 13.8 Å². The molecule has 8 heteroatoms. The molecule has 4 rings (SSSR count). The Bertz CT molecular complexity index is 980. The van der Waals surface area contributed by atoms with Gasteiger partial charge in [-0.3, -0.25) is 4.79 Å². The van der Waals surface area contributed by atoms with Crippen LogP contribution in [0, 0.1) is 34.8 Å². The number of nitrogens with two attached hydrogens (primary N) is 1. The highest BCUT2D eigenvalue weighted by Gasteiger charge is 2.30. The van der Waals surface area contributed by atoms with Gasteiger partial charge in [-0.05, 0) is 55.8 Å². The third-order valence-corrected chi connectivity index (χ3v) is 5.54. The third-order valence-electron chi connectivity index (χ3n) is 5.54. The molecule has 1 aliphatic heterocycles. The average molecular weight is 427 g/mol. The van der Waals surface area contributed by atoms with E-state index in [0.717, 1.165) is 25.3 Å². The maximum absolute atomic E-state index is 14.0.